The van der Waals surface area contributed by atoms with Gasteiger partial charge in [-0.1, -0.05) is 32.1 Å². The van der Waals surface area contributed by atoms with Gasteiger partial charge in [0.05, 0.1) is 6.61 Å². The van der Waals surface area contributed by atoms with E-state index in [2.05, 4.69) is 13.8 Å². The van der Waals surface area contributed by atoms with Crippen molar-refractivity contribution >= 4 is 11.9 Å². The third-order valence-electron chi connectivity index (χ3n) is 6.43. The van der Waals surface area contributed by atoms with Gasteiger partial charge in [-0.05, 0) is 86.0 Å². The van der Waals surface area contributed by atoms with E-state index in [4.69, 9.17) is 4.74 Å². The molecule has 4 bridgehead atoms. The fourth-order valence-corrected chi connectivity index (χ4v) is 5.73. The Kier molecular flexibility index (Phi) is 4.47. The minimum absolute atomic E-state index is 0.0308. The van der Waals surface area contributed by atoms with E-state index in [0.29, 0.717) is 11.7 Å². The molecule has 0 amide bonds. The van der Waals surface area contributed by atoms with E-state index in [-0.39, 0.29) is 5.41 Å². The van der Waals surface area contributed by atoms with Crippen LogP contribution in [0.25, 0.3) is 6.08 Å². The molecule has 5 rings (SSSR count). The molecule has 1 aromatic carbocycles. The molecule has 2 heteroatoms. The lowest BCUT2D eigenvalue weighted by molar-refractivity contribution is -0.138. The summed E-state index contributed by atoms with van der Waals surface area (Å²) in [4.78, 5) is 13.1. The van der Waals surface area contributed by atoms with Crippen LogP contribution in [0.15, 0.2) is 30.3 Å². The van der Waals surface area contributed by atoms with Crippen molar-refractivity contribution in [3.05, 3.63) is 35.9 Å². The number of ether oxygens (including phenoxy) is 1. The molecule has 0 saturated heterocycles. The van der Waals surface area contributed by atoms with Crippen LogP contribution in [0.3, 0.4) is 0 Å². The Bertz CT molecular complexity index is 635. The molecule has 4 fully saturated rings. The maximum atomic E-state index is 13.1. The number of benzene rings is 1. The molecule has 4 aliphatic carbocycles. The SMILES string of the molecule is CC(C)COc1cccc(/C=C/C(=O)C23CC4CC(CC(C4)C2)C3)c1. The Morgan fingerprint density at radius 3 is 2.40 bits per heavy atom. The first-order valence-electron chi connectivity index (χ1n) is 9.98. The summed E-state index contributed by atoms with van der Waals surface area (Å²) in [5.41, 5.74) is 1.02. The molecule has 4 saturated carbocycles. The van der Waals surface area contributed by atoms with Gasteiger partial charge < -0.3 is 4.74 Å². The van der Waals surface area contributed by atoms with Crippen molar-refractivity contribution in [1.29, 1.82) is 0 Å². The molecule has 2 nitrogen and oxygen atoms in total. The fourth-order valence-electron chi connectivity index (χ4n) is 5.73. The van der Waals surface area contributed by atoms with Crippen molar-refractivity contribution in [2.24, 2.45) is 29.1 Å². The first-order chi connectivity index (χ1) is 12.0. The number of hydrogen-bond donors (Lipinski definition) is 0. The zero-order valence-corrected chi connectivity index (χ0v) is 15.5. The van der Waals surface area contributed by atoms with Crippen LogP contribution in [0.4, 0.5) is 0 Å². The number of rotatable bonds is 6. The van der Waals surface area contributed by atoms with Gasteiger partial charge in [-0.2, -0.15) is 0 Å². The standard InChI is InChI=1S/C23H30O2/c1-16(2)15-25-21-5-3-4-17(11-21)6-7-22(24)23-12-18-8-19(13-23)10-20(9-18)14-23/h3-7,11,16,18-20H,8-10,12-15H2,1-2H3/b7-6+. The molecule has 0 N–H and O–H groups in total. The number of allylic oxidation sites excluding steroid dienone is 1. The fraction of sp³-hybridized carbons (Fsp3) is 0.609. The number of carbonyl (C=O) groups is 1. The summed E-state index contributed by atoms with van der Waals surface area (Å²) in [6, 6.07) is 8.07. The van der Waals surface area contributed by atoms with Gasteiger partial charge in [-0.25, -0.2) is 0 Å². The summed E-state index contributed by atoms with van der Waals surface area (Å²) in [5.74, 6) is 4.22. The Labute approximate surface area is 151 Å². The molecule has 0 atom stereocenters. The van der Waals surface area contributed by atoms with Crippen molar-refractivity contribution in [3.8, 4) is 5.75 Å². The van der Waals surface area contributed by atoms with E-state index >= 15 is 0 Å². The highest BCUT2D eigenvalue weighted by atomic mass is 16.5. The number of ketones is 1. The summed E-state index contributed by atoms with van der Waals surface area (Å²) in [6.45, 7) is 5.02. The first kappa shape index (κ1) is 16.9. The lowest BCUT2D eigenvalue weighted by atomic mass is 9.48. The van der Waals surface area contributed by atoms with Crippen LogP contribution in [0, 0.1) is 29.1 Å². The van der Waals surface area contributed by atoms with E-state index in [1.54, 1.807) is 0 Å². The summed E-state index contributed by atoms with van der Waals surface area (Å²) < 4.78 is 5.80. The average Bonchev–Trinajstić information content (AvgIpc) is 2.57. The van der Waals surface area contributed by atoms with Gasteiger partial charge in [-0.15, -0.1) is 0 Å². The topological polar surface area (TPSA) is 26.3 Å². The van der Waals surface area contributed by atoms with Crippen molar-refractivity contribution < 1.29 is 9.53 Å². The summed E-state index contributed by atoms with van der Waals surface area (Å²) >= 11 is 0. The van der Waals surface area contributed by atoms with Gasteiger partial charge in [-0.3, -0.25) is 4.79 Å². The van der Waals surface area contributed by atoms with Crippen molar-refractivity contribution in [1.82, 2.24) is 0 Å². The maximum absolute atomic E-state index is 13.1. The normalized spacial score (nSPS) is 33.3. The highest BCUT2D eigenvalue weighted by Crippen LogP contribution is 2.60. The van der Waals surface area contributed by atoms with Crippen LogP contribution >= 0.6 is 0 Å². The molecule has 0 aromatic heterocycles. The van der Waals surface area contributed by atoms with Gasteiger partial charge in [0.1, 0.15) is 5.75 Å². The highest BCUT2D eigenvalue weighted by Gasteiger charge is 2.53. The second-order valence-electron chi connectivity index (χ2n) is 9.17. The Morgan fingerprint density at radius 2 is 1.80 bits per heavy atom. The van der Waals surface area contributed by atoms with Crippen LogP contribution < -0.4 is 4.74 Å². The van der Waals surface area contributed by atoms with Crippen LogP contribution in [0.5, 0.6) is 5.75 Å². The quantitative estimate of drug-likeness (QED) is 0.638. The molecule has 0 radical (unpaired) electrons. The zero-order chi connectivity index (χ0) is 17.4. The number of carbonyl (C=O) groups excluding carboxylic acids is 1. The van der Waals surface area contributed by atoms with Crippen LogP contribution in [0.1, 0.15) is 57.9 Å². The van der Waals surface area contributed by atoms with E-state index in [1.807, 2.05) is 36.4 Å². The monoisotopic (exact) mass is 338 g/mol. The molecule has 4 aliphatic rings. The lowest BCUT2D eigenvalue weighted by Crippen LogP contribution is -2.49. The van der Waals surface area contributed by atoms with Gasteiger partial charge in [0, 0.05) is 5.41 Å². The predicted molar refractivity (Wildman–Crippen MR) is 101 cm³/mol. The van der Waals surface area contributed by atoms with Gasteiger partial charge in [0.25, 0.3) is 0 Å². The van der Waals surface area contributed by atoms with Crippen molar-refractivity contribution in [2.75, 3.05) is 6.61 Å². The predicted octanol–water partition coefficient (Wildman–Crippen LogP) is 5.52. The second-order valence-corrected chi connectivity index (χ2v) is 9.17. The van der Waals surface area contributed by atoms with Gasteiger partial charge in [0.2, 0.25) is 0 Å². The van der Waals surface area contributed by atoms with Crippen molar-refractivity contribution in [2.45, 2.75) is 52.4 Å². The Morgan fingerprint density at radius 1 is 1.16 bits per heavy atom. The molecule has 134 valence electrons. The third kappa shape index (κ3) is 3.54. The van der Waals surface area contributed by atoms with E-state index in [9.17, 15) is 4.79 Å². The smallest absolute Gasteiger partial charge is 0.161 e. The van der Waals surface area contributed by atoms with E-state index in [1.165, 1.54) is 19.3 Å². The first-order valence-corrected chi connectivity index (χ1v) is 9.98. The average molecular weight is 338 g/mol. The third-order valence-corrected chi connectivity index (χ3v) is 6.43. The van der Waals surface area contributed by atoms with Gasteiger partial charge in [0.15, 0.2) is 5.78 Å². The van der Waals surface area contributed by atoms with Crippen LogP contribution in [-0.2, 0) is 4.79 Å². The summed E-state index contributed by atoms with van der Waals surface area (Å²) in [6.07, 6.45) is 11.4. The molecule has 1 aromatic rings. The molecule has 0 aliphatic heterocycles. The summed E-state index contributed by atoms with van der Waals surface area (Å²) in [5, 5.41) is 0. The molecule has 25 heavy (non-hydrogen) atoms. The Hall–Kier alpha value is -1.57. The van der Waals surface area contributed by atoms with E-state index in [0.717, 1.165) is 54.9 Å². The Balaban J connectivity index is 1.45. The second kappa shape index (κ2) is 6.63. The molecular formula is C23H30O2. The lowest BCUT2D eigenvalue weighted by Gasteiger charge is -2.55. The molecular weight excluding hydrogens is 308 g/mol. The highest BCUT2D eigenvalue weighted by molar-refractivity contribution is 5.98. The number of hydrogen-bond acceptors (Lipinski definition) is 2. The molecule has 0 heterocycles. The minimum atomic E-state index is -0.0308. The molecule has 0 unspecified atom stereocenters. The van der Waals surface area contributed by atoms with Crippen LogP contribution in [-0.4, -0.2) is 12.4 Å². The van der Waals surface area contributed by atoms with Gasteiger partial charge >= 0.3 is 0 Å². The largest absolute Gasteiger partial charge is 0.493 e. The molecule has 0 spiro atoms. The van der Waals surface area contributed by atoms with Crippen molar-refractivity contribution in [3.63, 3.8) is 0 Å². The minimum Gasteiger partial charge on any atom is -0.493 e. The maximum Gasteiger partial charge on any atom is 0.161 e. The zero-order valence-electron chi connectivity index (χ0n) is 15.5. The van der Waals surface area contributed by atoms with Crippen LogP contribution in [0.2, 0.25) is 0 Å². The summed E-state index contributed by atoms with van der Waals surface area (Å²) in [7, 11) is 0. The van der Waals surface area contributed by atoms with E-state index < -0.39 is 0 Å².